The number of thioether (sulfide) groups is 1. The van der Waals surface area contributed by atoms with Gasteiger partial charge in [0.2, 0.25) is 11.9 Å². The molecule has 1 amide bonds. The van der Waals surface area contributed by atoms with Gasteiger partial charge >= 0.3 is 0 Å². The lowest BCUT2D eigenvalue weighted by Gasteiger charge is -2.24. The van der Waals surface area contributed by atoms with Gasteiger partial charge in [-0.2, -0.15) is 0 Å². The third-order valence-electron chi connectivity index (χ3n) is 4.74. The van der Waals surface area contributed by atoms with Crippen LogP contribution in [0.3, 0.4) is 0 Å². The highest BCUT2D eigenvalue weighted by molar-refractivity contribution is 7.99. The smallest absolute Gasteiger partial charge is 0.235 e. The normalized spacial score (nSPS) is 19.7. The van der Waals surface area contributed by atoms with E-state index in [2.05, 4.69) is 22.2 Å². The van der Waals surface area contributed by atoms with Gasteiger partial charge in [-0.25, -0.2) is 9.97 Å². The summed E-state index contributed by atoms with van der Waals surface area (Å²) in [6, 6.07) is 5.82. The summed E-state index contributed by atoms with van der Waals surface area (Å²) in [5.74, 6) is 0.259. The fourth-order valence-electron chi connectivity index (χ4n) is 3.11. The summed E-state index contributed by atoms with van der Waals surface area (Å²) >= 11 is 7.93. The molecule has 1 fully saturated rings. The van der Waals surface area contributed by atoms with E-state index in [0.717, 1.165) is 34.6 Å². The number of nitrogens with one attached hydrogen (secondary N) is 1. The van der Waals surface area contributed by atoms with E-state index in [1.807, 2.05) is 18.2 Å². The molecule has 1 aromatic carbocycles. The summed E-state index contributed by atoms with van der Waals surface area (Å²) in [5.41, 5.74) is 2.46. The molecule has 25 heavy (non-hydrogen) atoms. The highest BCUT2D eigenvalue weighted by atomic mass is 35.5. The SMILES string of the molecule is COCC1(C(=O)Nc2ncc3c(n2)-c2cc(Cl)ccc2SC3C)CC1. The number of carbonyl (C=O) groups is 1. The number of halogens is 1. The third kappa shape index (κ3) is 3.03. The number of fused-ring (bicyclic) bond motifs is 3. The zero-order valence-corrected chi connectivity index (χ0v) is 15.6. The summed E-state index contributed by atoms with van der Waals surface area (Å²) < 4.78 is 5.17. The largest absolute Gasteiger partial charge is 0.384 e. The van der Waals surface area contributed by atoms with Crippen LogP contribution in [0, 0.1) is 5.41 Å². The number of hydrogen-bond donors (Lipinski definition) is 1. The molecule has 1 aromatic heterocycles. The van der Waals surface area contributed by atoms with E-state index in [1.165, 1.54) is 0 Å². The first-order chi connectivity index (χ1) is 12.0. The summed E-state index contributed by atoms with van der Waals surface area (Å²) in [6.07, 6.45) is 3.48. The van der Waals surface area contributed by atoms with Crippen molar-refractivity contribution >= 4 is 35.2 Å². The van der Waals surface area contributed by atoms with Crippen molar-refractivity contribution in [3.05, 3.63) is 35.0 Å². The van der Waals surface area contributed by atoms with Crippen LogP contribution in [0.15, 0.2) is 29.3 Å². The number of benzene rings is 1. The van der Waals surface area contributed by atoms with Crippen LogP contribution < -0.4 is 5.32 Å². The van der Waals surface area contributed by atoms with Gasteiger partial charge in [0.05, 0.1) is 17.7 Å². The summed E-state index contributed by atoms with van der Waals surface area (Å²) in [6.45, 7) is 2.55. The molecule has 0 bridgehead atoms. The molecule has 7 heteroatoms. The van der Waals surface area contributed by atoms with Crippen molar-refractivity contribution in [3.8, 4) is 11.3 Å². The van der Waals surface area contributed by atoms with Gasteiger partial charge in [-0.1, -0.05) is 11.6 Å². The molecule has 130 valence electrons. The first-order valence-electron chi connectivity index (χ1n) is 8.16. The fraction of sp³-hybridized carbons (Fsp3) is 0.389. The molecule has 2 heterocycles. The average molecular weight is 376 g/mol. The molecule has 2 aliphatic rings. The maximum absolute atomic E-state index is 12.5. The number of carbonyl (C=O) groups excluding carboxylic acids is 1. The standard InChI is InChI=1S/C18H18ClN3O2S/c1-10-13-8-20-17(22-16(23)18(5-6-18)9-24-2)21-15(13)12-7-11(19)3-4-14(12)25-10/h3-4,7-8,10H,5-6,9H2,1-2H3,(H,20,21,22,23). The van der Waals surface area contributed by atoms with E-state index in [-0.39, 0.29) is 11.2 Å². The van der Waals surface area contributed by atoms with Gasteiger partial charge in [0.25, 0.3) is 0 Å². The van der Waals surface area contributed by atoms with Gasteiger partial charge < -0.3 is 4.74 Å². The molecule has 1 unspecified atom stereocenters. The number of aromatic nitrogens is 2. The van der Waals surface area contributed by atoms with E-state index in [9.17, 15) is 4.79 Å². The lowest BCUT2D eigenvalue weighted by molar-refractivity contribution is -0.123. The molecule has 1 N–H and O–H groups in total. The van der Waals surface area contributed by atoms with Crippen molar-refractivity contribution in [2.45, 2.75) is 29.9 Å². The Kier molecular flexibility index (Phi) is 4.22. The van der Waals surface area contributed by atoms with Gasteiger partial charge in [0, 0.05) is 39.6 Å². The van der Waals surface area contributed by atoms with Crippen molar-refractivity contribution in [2.24, 2.45) is 5.41 Å². The second kappa shape index (κ2) is 6.27. The zero-order valence-electron chi connectivity index (χ0n) is 14.0. The van der Waals surface area contributed by atoms with E-state index in [1.54, 1.807) is 25.1 Å². The summed E-state index contributed by atoms with van der Waals surface area (Å²) in [4.78, 5) is 22.6. The number of methoxy groups -OCH3 is 1. The lowest BCUT2D eigenvalue weighted by Crippen LogP contribution is -2.29. The van der Waals surface area contributed by atoms with Crippen LogP contribution in [-0.2, 0) is 9.53 Å². The van der Waals surface area contributed by atoms with Crippen molar-refractivity contribution in [1.82, 2.24) is 9.97 Å². The second-order valence-electron chi connectivity index (χ2n) is 6.57. The Morgan fingerprint density at radius 3 is 3.00 bits per heavy atom. The molecule has 0 radical (unpaired) electrons. The third-order valence-corrected chi connectivity index (χ3v) is 6.19. The van der Waals surface area contributed by atoms with Crippen LogP contribution >= 0.6 is 23.4 Å². The van der Waals surface area contributed by atoms with Gasteiger partial charge in [0.15, 0.2) is 0 Å². The Morgan fingerprint density at radius 2 is 2.28 bits per heavy atom. The van der Waals surface area contributed by atoms with E-state index < -0.39 is 5.41 Å². The Hall–Kier alpha value is -1.63. The minimum Gasteiger partial charge on any atom is -0.384 e. The maximum atomic E-state index is 12.5. The molecular formula is C18H18ClN3O2S. The number of ether oxygens (including phenoxy) is 1. The van der Waals surface area contributed by atoms with Crippen LogP contribution in [0.1, 0.15) is 30.6 Å². The van der Waals surface area contributed by atoms with Crippen LogP contribution in [0.5, 0.6) is 0 Å². The molecule has 1 atom stereocenters. The Labute approximate surface area is 155 Å². The molecule has 1 aliphatic carbocycles. The number of nitrogens with zero attached hydrogens (tertiary/aromatic N) is 2. The van der Waals surface area contributed by atoms with Crippen LogP contribution in [0.4, 0.5) is 5.95 Å². The number of hydrogen-bond acceptors (Lipinski definition) is 5. The molecular weight excluding hydrogens is 358 g/mol. The maximum Gasteiger partial charge on any atom is 0.235 e. The highest BCUT2D eigenvalue weighted by Gasteiger charge is 2.50. The predicted molar refractivity (Wildman–Crippen MR) is 98.9 cm³/mol. The van der Waals surface area contributed by atoms with Gasteiger partial charge in [-0.3, -0.25) is 10.1 Å². The van der Waals surface area contributed by atoms with E-state index in [0.29, 0.717) is 17.6 Å². The highest BCUT2D eigenvalue weighted by Crippen LogP contribution is 2.49. The van der Waals surface area contributed by atoms with Crippen molar-refractivity contribution in [1.29, 1.82) is 0 Å². The molecule has 1 saturated carbocycles. The average Bonchev–Trinajstić information content (AvgIpc) is 3.37. The molecule has 4 rings (SSSR count). The fourth-order valence-corrected chi connectivity index (χ4v) is 4.39. The Morgan fingerprint density at radius 1 is 1.48 bits per heavy atom. The number of amides is 1. The minimum atomic E-state index is -0.418. The molecule has 1 aliphatic heterocycles. The topological polar surface area (TPSA) is 64.1 Å². The van der Waals surface area contributed by atoms with Gasteiger partial charge in [0.1, 0.15) is 0 Å². The minimum absolute atomic E-state index is 0.0705. The van der Waals surface area contributed by atoms with Crippen LogP contribution in [0.25, 0.3) is 11.3 Å². The van der Waals surface area contributed by atoms with Gasteiger partial charge in [-0.15, -0.1) is 11.8 Å². The molecule has 0 spiro atoms. The summed E-state index contributed by atoms with van der Waals surface area (Å²) in [7, 11) is 1.61. The van der Waals surface area contributed by atoms with Crippen LogP contribution in [-0.4, -0.2) is 29.6 Å². The number of rotatable bonds is 4. The van der Waals surface area contributed by atoms with Crippen molar-refractivity contribution < 1.29 is 9.53 Å². The number of anilines is 1. The predicted octanol–water partition coefficient (Wildman–Crippen LogP) is 4.33. The quantitative estimate of drug-likeness (QED) is 0.861. The molecule has 0 saturated heterocycles. The van der Waals surface area contributed by atoms with Gasteiger partial charge in [-0.05, 0) is 38.0 Å². The van der Waals surface area contributed by atoms with E-state index >= 15 is 0 Å². The monoisotopic (exact) mass is 375 g/mol. The zero-order chi connectivity index (χ0) is 17.6. The first kappa shape index (κ1) is 16.8. The first-order valence-corrected chi connectivity index (χ1v) is 9.42. The van der Waals surface area contributed by atoms with Crippen LogP contribution in [0.2, 0.25) is 5.02 Å². The Bertz CT molecular complexity index is 854. The van der Waals surface area contributed by atoms with E-state index in [4.69, 9.17) is 16.3 Å². The summed E-state index contributed by atoms with van der Waals surface area (Å²) in [5, 5.41) is 3.77. The Balaban J connectivity index is 1.67. The second-order valence-corrected chi connectivity index (χ2v) is 8.38. The van der Waals surface area contributed by atoms with Crippen molar-refractivity contribution in [2.75, 3.05) is 19.0 Å². The van der Waals surface area contributed by atoms with Crippen molar-refractivity contribution in [3.63, 3.8) is 0 Å². The lowest BCUT2D eigenvalue weighted by atomic mass is 10.0. The molecule has 5 nitrogen and oxygen atoms in total. The molecule has 2 aromatic rings.